The number of nitrogens with one attached hydrogen (secondary N) is 3. The lowest BCUT2D eigenvalue weighted by molar-refractivity contribution is -0.0629. The van der Waals surface area contributed by atoms with Gasteiger partial charge in [-0.15, -0.1) is 15.3 Å². The Bertz CT molecular complexity index is 7210. The predicted molar refractivity (Wildman–Crippen MR) is 398 cm³/mol. The van der Waals surface area contributed by atoms with Gasteiger partial charge in [0.25, 0.3) is 0 Å². The first-order chi connectivity index (χ1) is 70.2. The largest absolute Gasteiger partial charge is 0.394 e. The van der Waals surface area contributed by atoms with Crippen LogP contribution in [-0.2, 0) is 14.2 Å². The van der Waals surface area contributed by atoms with Crippen molar-refractivity contribution in [1.82, 2.24) is 74.9 Å². The van der Waals surface area contributed by atoms with Crippen molar-refractivity contribution in [2.24, 2.45) is 0 Å². The maximum atomic E-state index is 14.9. The number of nitrogens with zero attached hydrogens (tertiary/aromatic N) is 15. The molecule has 6 saturated carbocycles. The van der Waals surface area contributed by atoms with Gasteiger partial charge in [-0.1, -0.05) is 108 Å². The minimum Gasteiger partial charge on any atom is -0.394 e. The highest BCUT2D eigenvalue weighted by Gasteiger charge is 2.49. The molecule has 15 rings (SSSR count). The number of fused-ring (bicyclic) bond motifs is 3. The van der Waals surface area contributed by atoms with Crippen LogP contribution in [0, 0.1) is 38.2 Å². The fourth-order valence-electron chi connectivity index (χ4n) is 9.66. The summed E-state index contributed by atoms with van der Waals surface area (Å²) in [4.78, 5) is 24.3. The van der Waals surface area contributed by atoms with E-state index in [2.05, 4.69) is 81.5 Å². The smallest absolute Gasteiger partial charge is 0.191 e. The molecule has 6 fully saturated rings. The molecule has 9 aromatic rings. The van der Waals surface area contributed by atoms with Crippen LogP contribution in [0.4, 0.5) is 30.6 Å². The van der Waals surface area contributed by atoms with Gasteiger partial charge in [-0.25, -0.2) is 57.1 Å². The van der Waals surface area contributed by atoms with Gasteiger partial charge in [0.05, 0.1) is 117 Å². The number of hydrogen-bond donors (Lipinski definition) is 12. The van der Waals surface area contributed by atoms with Gasteiger partial charge in [0, 0.05) is 98.0 Å². The first-order valence-corrected chi connectivity index (χ1v) is 33.7. The molecule has 0 aliphatic heterocycles. The Kier molecular flexibility index (Phi) is 12.5. The van der Waals surface area contributed by atoms with E-state index in [4.69, 9.17) is 76.6 Å². The molecule has 6 aromatic heterocycles. The number of halogens is 3. The molecular weight excluding hydrogens is 1460 g/mol. The highest BCUT2D eigenvalue weighted by molar-refractivity contribution is 7.99. The fraction of sp³-hybridized carbons (Fsp3) is 0.583. The van der Waals surface area contributed by atoms with E-state index in [1.54, 1.807) is 0 Å². The van der Waals surface area contributed by atoms with Crippen molar-refractivity contribution in [1.29, 1.82) is 0 Å². The first-order valence-electron chi connectivity index (χ1n) is 55.7. The third-order valence-electron chi connectivity index (χ3n) is 15.1. The van der Waals surface area contributed by atoms with Crippen molar-refractivity contribution >= 4 is 86.2 Å². The summed E-state index contributed by atoms with van der Waals surface area (Å²) < 4.78 is 468. The van der Waals surface area contributed by atoms with E-state index < -0.39 is 371 Å². The summed E-state index contributed by atoms with van der Waals surface area (Å²) in [7, 11) is 0. The Morgan fingerprint density at radius 3 is 1.16 bits per heavy atom. The van der Waals surface area contributed by atoms with Gasteiger partial charge in [0.1, 0.15) is 53.9 Å². The van der Waals surface area contributed by atoms with Crippen molar-refractivity contribution in [3.8, 4) is 0 Å². The maximum Gasteiger partial charge on any atom is 0.191 e. The molecule has 0 amide bonds. The number of aliphatic hydroxyl groups excluding tert-OH is 1. The van der Waals surface area contributed by atoms with Crippen LogP contribution in [0.2, 0.25) is 0 Å². The molecule has 6 heterocycles. The quantitative estimate of drug-likeness (QED) is 0.0168. The van der Waals surface area contributed by atoms with Gasteiger partial charge in [-0.05, 0) is 111 Å². The Balaban J connectivity index is 0.000000195. The van der Waals surface area contributed by atoms with Gasteiger partial charge < -0.3 is 76.1 Å². The Labute approximate surface area is 702 Å². The van der Waals surface area contributed by atoms with E-state index in [0.717, 1.165) is 27.7 Å². The molecule has 18 atom stereocenters. The molecule has 30 nitrogen and oxygen atoms in total. The molecule has 0 spiro atoms. The molecule has 3 aromatic carbocycles. The number of aromatic nitrogens is 15. The van der Waals surface area contributed by atoms with E-state index in [1.165, 1.54) is 13.8 Å². The number of hydrogen-bond acceptors (Lipinski definition) is 30. The number of ether oxygens (including phenoxy) is 3. The van der Waals surface area contributed by atoms with Gasteiger partial charge in [0.2, 0.25) is 0 Å². The van der Waals surface area contributed by atoms with E-state index in [9.17, 15) is 59.1 Å². The summed E-state index contributed by atoms with van der Waals surface area (Å²) in [5.41, 5.74) is -15.4. The topological polar surface area (TPSA) is 415 Å². The Hall–Kier alpha value is -7.14. The summed E-state index contributed by atoms with van der Waals surface area (Å²) in [5, 5.41) is 123. The third kappa shape index (κ3) is 17.5. The second-order valence-electron chi connectivity index (χ2n) is 22.3. The lowest BCUT2D eigenvalue weighted by atomic mass is 10.1. The van der Waals surface area contributed by atoms with Crippen molar-refractivity contribution < 1.29 is 141 Å². The second kappa shape index (κ2) is 35.1. The fourth-order valence-corrected chi connectivity index (χ4v) is 11.1. The molecule has 36 heteroatoms. The zero-order valence-electron chi connectivity index (χ0n) is 105. The molecule has 582 valence electrons. The monoisotopic (exact) mass is 1600 g/mol. The van der Waals surface area contributed by atoms with Gasteiger partial charge in [-0.3, -0.25) is 0 Å². The number of aliphatic hydroxyl groups is 9. The van der Waals surface area contributed by atoms with Gasteiger partial charge >= 0.3 is 0 Å². The molecule has 0 saturated heterocycles. The summed E-state index contributed by atoms with van der Waals surface area (Å²) >= 11 is 0.365. The predicted octanol–water partition coefficient (Wildman–Crippen LogP) is 6.55. The average molecular weight is 1610 g/mol. The van der Waals surface area contributed by atoms with E-state index in [0.29, 0.717) is 11.8 Å². The van der Waals surface area contributed by atoms with Crippen LogP contribution in [0.5, 0.6) is 0 Å². The van der Waals surface area contributed by atoms with Crippen LogP contribution in [0.25, 0.3) is 33.5 Å². The number of rotatable bonds is 30. The standard InChI is InChI=1S/3C24H31FN6O4S/c3*1-3-8-36-24-27-22(26-16-10-14(16)13-5-4-12(2)15(25)9-13)19-23(28-24)31(30-29-19)17-11-18(35-7-6-32)21(34)20(17)33/h3*4-5,9,14,16-18,20-21,32-34H,3,6-8,10-11H2,1-2H3,(H,26,27,28)/t3*14-,16+,17+,18-,20-,21+/m000/s1/i4D,5D,6D2,7D2,8D2,9D,11D2,14D,16D,17D,18D,20D,21D;3D2,4D,5D,6D2,8D2,9D,11D2,14D,16D,17D,18D,20D,21D;3D2,4D,5D,8D2,9D,11D2,14D,16D,17D,18D,20D,21D. The number of thioether (sulfide) groups is 3. The molecule has 6 aliphatic carbocycles. The molecule has 0 unspecified atom stereocenters. The van der Waals surface area contributed by atoms with Crippen LogP contribution in [0.1, 0.15) is 215 Å². The Morgan fingerprint density at radius 2 is 0.833 bits per heavy atom. The summed E-state index contributed by atoms with van der Waals surface area (Å²) in [6.07, 6.45) is -56.3. The normalized spacial score (nSPS) is 48.9. The number of benzene rings is 3. The lowest BCUT2D eigenvalue weighted by Gasteiger charge is -2.17. The van der Waals surface area contributed by atoms with Gasteiger partial charge in [-0.2, -0.15) is 0 Å². The molecule has 6 aliphatic rings. The zero-order chi connectivity index (χ0) is 120. The van der Waals surface area contributed by atoms with E-state index in [1.807, 2.05) is 0 Å². The van der Waals surface area contributed by atoms with Crippen LogP contribution in [0.3, 0.4) is 0 Å². The highest BCUT2D eigenvalue weighted by Crippen LogP contribution is 2.48. The SMILES string of the molecule is [2H]c1c([2H])c([C@]2([2H])C[C@@]2([2H])Nc2nc(SC([2H])([2H])C([2H])([2H])C)nc3c2nnn3[C@]2([2H])C([2H])([2H])[C@]([2H])(OCC([2H])([2H])O)[C@@]([2H])(O)[C@@]2([2H])O)c([2H])c(F)c1C.[2H]c1c([2H])c([C@]2([2H])C[C@@]2([2H])Nc2nc(SC([2H])([2H])C([2H])([2H])C)nc3c2nnn3[C@]2([2H])C([2H])([2H])[C@]([2H])(OCCO)[C@@]([2H])(O)[C@@]2([2H])O)c([2H])c(F)c1C.[2H]c1c([2H])c([C@]2([2H])C[C@@]2([2H])Nc2nc(SC([2H])([2H])CC)nc3c2nnn3[C@]2([2H])C([2H])([2H])[C@]([2H])(OC([2H])([2H])C([2H])([2H])O)[C@@]([2H])(O)[C@@]2([2H])O)c([2H])c(F)c1C. The molecule has 0 bridgehead atoms. The molecule has 0 radical (unpaired) electrons. The van der Waals surface area contributed by atoms with E-state index >= 15 is 0 Å². The minimum atomic E-state index is -4.42. The molecule has 12 N–H and O–H groups in total. The second-order valence-corrected chi connectivity index (χ2v) is 24.7. The third-order valence-corrected chi connectivity index (χ3v) is 17.2. The average Bonchev–Trinajstić information content (AvgIpc) is 1.48. The van der Waals surface area contributed by atoms with Crippen LogP contribution in [-0.4, -0.2) is 250 Å². The molecular formula is C72H93F3N18O12S3. The zero-order valence-corrected chi connectivity index (χ0v) is 58.7. The first kappa shape index (κ1) is 38.4. The minimum absolute atomic E-state index is 0.00150. The lowest BCUT2D eigenvalue weighted by Crippen LogP contribution is -2.33. The van der Waals surface area contributed by atoms with Crippen LogP contribution in [0.15, 0.2) is 69.9 Å². The van der Waals surface area contributed by atoms with Crippen LogP contribution >= 0.6 is 35.3 Å². The van der Waals surface area contributed by atoms with Crippen molar-refractivity contribution in [3.63, 3.8) is 0 Å². The van der Waals surface area contributed by atoms with Gasteiger partial charge in [0.15, 0.2) is 66.4 Å². The van der Waals surface area contributed by atoms with Crippen molar-refractivity contribution in [3.05, 3.63) is 105 Å². The highest BCUT2D eigenvalue weighted by atomic mass is 32.2. The molecule has 108 heavy (non-hydrogen) atoms. The number of anilines is 3. The van der Waals surface area contributed by atoms with Crippen LogP contribution < -0.4 is 16.0 Å². The van der Waals surface area contributed by atoms with Crippen molar-refractivity contribution in [2.75, 3.05) is 72.6 Å². The summed E-state index contributed by atoms with van der Waals surface area (Å²) in [6, 6.07) is -25.5. The van der Waals surface area contributed by atoms with Crippen molar-refractivity contribution in [2.45, 2.75) is 223 Å². The Morgan fingerprint density at radius 1 is 0.491 bits per heavy atom. The maximum absolute atomic E-state index is 14.9. The van der Waals surface area contributed by atoms with E-state index in [-0.39, 0.29) is 60.7 Å². The summed E-state index contributed by atoms with van der Waals surface area (Å²) in [5.74, 6) is -12.5. The summed E-state index contributed by atoms with van der Waals surface area (Å²) in [6.45, 7) is -8.20.